The van der Waals surface area contributed by atoms with Crippen molar-refractivity contribution in [2.24, 2.45) is 0 Å². The Morgan fingerprint density at radius 3 is 2.54 bits per heavy atom. The minimum atomic E-state index is -0.247. The third kappa shape index (κ3) is 5.65. The Hall–Kier alpha value is -3.80. The lowest BCUT2D eigenvalue weighted by Crippen LogP contribution is -2.28. The maximum Gasteiger partial charge on any atom is 0.251 e. The summed E-state index contributed by atoms with van der Waals surface area (Å²) in [5, 5.41) is 3.10. The predicted octanol–water partition coefficient (Wildman–Crippen LogP) is 6.01. The molecule has 35 heavy (non-hydrogen) atoms. The van der Waals surface area contributed by atoms with Gasteiger partial charge in [-0.3, -0.25) is 4.79 Å². The molecule has 0 fully saturated rings. The van der Waals surface area contributed by atoms with Crippen molar-refractivity contribution < 1.29 is 14.3 Å². The number of hydrogen-bond acceptors (Lipinski definition) is 4. The Balaban J connectivity index is 1.42. The third-order valence-electron chi connectivity index (χ3n) is 6.36. The number of aryl methyl sites for hydroxylation is 2. The Kier molecular flexibility index (Phi) is 7.70. The molecule has 0 saturated carbocycles. The molecule has 0 aliphatic rings. The molecule has 1 atom stereocenters. The molecule has 0 aliphatic carbocycles. The van der Waals surface area contributed by atoms with Crippen LogP contribution in [0.5, 0.6) is 11.5 Å². The van der Waals surface area contributed by atoms with E-state index in [0.29, 0.717) is 12.2 Å². The topological polar surface area (TPSA) is 65.4 Å². The zero-order valence-electron chi connectivity index (χ0n) is 20.9. The largest absolute Gasteiger partial charge is 0.497 e. The molecular formula is C29H33N3O3. The number of benzene rings is 3. The quantitative estimate of drug-likeness (QED) is 0.288. The highest BCUT2D eigenvalue weighted by Gasteiger charge is 2.19. The number of ether oxygens (including phenoxy) is 2. The summed E-state index contributed by atoms with van der Waals surface area (Å²) in [6, 6.07) is 21.1. The number of unbranched alkanes of at least 4 members (excludes halogenated alkanes) is 1. The fourth-order valence-corrected chi connectivity index (χ4v) is 4.18. The number of nitrogens with zero attached hydrogens (tertiary/aromatic N) is 2. The number of para-hydroxylation sites is 2. The van der Waals surface area contributed by atoms with Gasteiger partial charge < -0.3 is 19.4 Å². The second-order valence-corrected chi connectivity index (χ2v) is 8.79. The number of methoxy groups -OCH3 is 1. The van der Waals surface area contributed by atoms with Crippen molar-refractivity contribution in [3.63, 3.8) is 0 Å². The van der Waals surface area contributed by atoms with E-state index in [9.17, 15) is 4.79 Å². The van der Waals surface area contributed by atoms with Crippen molar-refractivity contribution in [3.8, 4) is 11.5 Å². The van der Waals surface area contributed by atoms with Crippen LogP contribution in [0.3, 0.4) is 0 Å². The van der Waals surface area contributed by atoms with Gasteiger partial charge in [0, 0.05) is 12.1 Å². The van der Waals surface area contributed by atoms with Crippen LogP contribution in [-0.4, -0.2) is 29.2 Å². The van der Waals surface area contributed by atoms with Gasteiger partial charge in [0.15, 0.2) is 0 Å². The standard InChI is InChI=1S/C29H33N3O3/c1-20-10-9-13-27(21(20)2)35-19-8-7-18-32-26-12-6-5-11-25(26)31-28(32)22(3)30-29(33)23-14-16-24(34-4)17-15-23/h5-6,9-17,22H,7-8,18-19H2,1-4H3,(H,30,33). The van der Waals surface area contributed by atoms with E-state index in [2.05, 4.69) is 35.9 Å². The van der Waals surface area contributed by atoms with Gasteiger partial charge in [-0.15, -0.1) is 0 Å². The van der Waals surface area contributed by atoms with Crippen molar-refractivity contribution in [2.45, 2.75) is 46.2 Å². The maximum absolute atomic E-state index is 12.8. The summed E-state index contributed by atoms with van der Waals surface area (Å²) in [5.74, 6) is 2.38. The minimum absolute atomic E-state index is 0.138. The van der Waals surface area contributed by atoms with Crippen molar-refractivity contribution in [2.75, 3.05) is 13.7 Å². The van der Waals surface area contributed by atoms with Crippen LogP contribution in [0, 0.1) is 13.8 Å². The average molecular weight is 472 g/mol. The van der Waals surface area contributed by atoms with Crippen LogP contribution in [0.2, 0.25) is 0 Å². The molecule has 182 valence electrons. The molecule has 3 aromatic carbocycles. The summed E-state index contributed by atoms with van der Waals surface area (Å²) in [6.07, 6.45) is 1.86. The van der Waals surface area contributed by atoms with E-state index in [1.165, 1.54) is 11.1 Å². The van der Waals surface area contributed by atoms with Crippen LogP contribution < -0.4 is 14.8 Å². The van der Waals surface area contributed by atoms with Gasteiger partial charge in [-0.25, -0.2) is 4.98 Å². The van der Waals surface area contributed by atoms with Gasteiger partial charge in [-0.1, -0.05) is 24.3 Å². The van der Waals surface area contributed by atoms with E-state index >= 15 is 0 Å². The van der Waals surface area contributed by atoms with E-state index in [1.54, 1.807) is 31.4 Å². The number of hydrogen-bond donors (Lipinski definition) is 1. The highest BCUT2D eigenvalue weighted by Crippen LogP contribution is 2.23. The third-order valence-corrected chi connectivity index (χ3v) is 6.36. The lowest BCUT2D eigenvalue weighted by molar-refractivity contribution is 0.0937. The van der Waals surface area contributed by atoms with E-state index in [-0.39, 0.29) is 11.9 Å². The molecule has 0 aliphatic heterocycles. The average Bonchev–Trinajstić information content (AvgIpc) is 3.25. The second-order valence-electron chi connectivity index (χ2n) is 8.79. The predicted molar refractivity (Wildman–Crippen MR) is 139 cm³/mol. The number of carbonyl (C=O) groups is 1. The number of rotatable bonds is 10. The molecule has 4 aromatic rings. The van der Waals surface area contributed by atoms with Gasteiger partial charge in [-0.05, 0) is 87.2 Å². The first-order chi connectivity index (χ1) is 17.0. The molecule has 1 unspecified atom stereocenters. The molecule has 4 rings (SSSR count). The molecule has 6 nitrogen and oxygen atoms in total. The zero-order chi connectivity index (χ0) is 24.8. The van der Waals surface area contributed by atoms with E-state index in [0.717, 1.165) is 47.7 Å². The highest BCUT2D eigenvalue weighted by molar-refractivity contribution is 5.94. The Bertz CT molecular complexity index is 1290. The van der Waals surface area contributed by atoms with Crippen LogP contribution in [0.1, 0.15) is 53.1 Å². The van der Waals surface area contributed by atoms with Crippen LogP contribution in [0.25, 0.3) is 11.0 Å². The van der Waals surface area contributed by atoms with Gasteiger partial charge in [-0.2, -0.15) is 0 Å². The summed E-state index contributed by atoms with van der Waals surface area (Å²) in [6.45, 7) is 7.63. The van der Waals surface area contributed by atoms with Gasteiger partial charge in [0.25, 0.3) is 5.91 Å². The maximum atomic E-state index is 12.8. The summed E-state index contributed by atoms with van der Waals surface area (Å²) in [5.41, 5.74) is 5.02. The van der Waals surface area contributed by atoms with Gasteiger partial charge in [0.1, 0.15) is 17.3 Å². The summed E-state index contributed by atoms with van der Waals surface area (Å²) < 4.78 is 13.4. The normalized spacial score (nSPS) is 11.9. The van der Waals surface area contributed by atoms with Crippen molar-refractivity contribution >= 4 is 16.9 Å². The minimum Gasteiger partial charge on any atom is -0.497 e. The van der Waals surface area contributed by atoms with Gasteiger partial charge in [0.2, 0.25) is 0 Å². The second kappa shape index (κ2) is 11.1. The first-order valence-electron chi connectivity index (χ1n) is 12.1. The SMILES string of the molecule is COc1ccc(C(=O)NC(C)c2nc3ccccc3n2CCCCOc2cccc(C)c2C)cc1. The van der Waals surface area contributed by atoms with Crippen LogP contribution in [0.4, 0.5) is 0 Å². The molecule has 0 radical (unpaired) electrons. The number of nitrogens with one attached hydrogen (secondary N) is 1. The van der Waals surface area contributed by atoms with Crippen molar-refractivity contribution in [3.05, 3.63) is 89.2 Å². The van der Waals surface area contributed by atoms with E-state index < -0.39 is 0 Å². The van der Waals surface area contributed by atoms with Crippen molar-refractivity contribution in [1.82, 2.24) is 14.9 Å². The molecule has 1 aromatic heterocycles. The van der Waals surface area contributed by atoms with Crippen LogP contribution in [0.15, 0.2) is 66.7 Å². The number of carbonyl (C=O) groups excluding carboxylic acids is 1. The molecular weight excluding hydrogens is 438 g/mol. The van der Waals surface area contributed by atoms with Gasteiger partial charge in [0.05, 0.1) is 30.8 Å². The lowest BCUT2D eigenvalue weighted by atomic mass is 10.1. The van der Waals surface area contributed by atoms with E-state index in [1.807, 2.05) is 37.3 Å². The number of aromatic nitrogens is 2. The lowest BCUT2D eigenvalue weighted by Gasteiger charge is -2.17. The van der Waals surface area contributed by atoms with Gasteiger partial charge >= 0.3 is 0 Å². The fraction of sp³-hybridized carbons (Fsp3) is 0.310. The highest BCUT2D eigenvalue weighted by atomic mass is 16.5. The molecule has 0 bridgehead atoms. The molecule has 6 heteroatoms. The van der Waals surface area contributed by atoms with Crippen LogP contribution in [-0.2, 0) is 6.54 Å². The molecule has 0 saturated heterocycles. The monoisotopic (exact) mass is 471 g/mol. The first-order valence-corrected chi connectivity index (χ1v) is 12.1. The molecule has 1 heterocycles. The van der Waals surface area contributed by atoms with Crippen LogP contribution >= 0.6 is 0 Å². The molecule has 0 spiro atoms. The fourth-order valence-electron chi connectivity index (χ4n) is 4.18. The smallest absolute Gasteiger partial charge is 0.251 e. The summed E-state index contributed by atoms with van der Waals surface area (Å²) >= 11 is 0. The zero-order valence-corrected chi connectivity index (χ0v) is 20.9. The van der Waals surface area contributed by atoms with Crippen molar-refractivity contribution in [1.29, 1.82) is 0 Å². The first kappa shape index (κ1) is 24.3. The number of amides is 1. The Labute approximate surface area is 206 Å². The number of fused-ring (bicyclic) bond motifs is 1. The Morgan fingerprint density at radius 1 is 1.00 bits per heavy atom. The summed E-state index contributed by atoms with van der Waals surface area (Å²) in [7, 11) is 1.61. The van der Waals surface area contributed by atoms with E-state index in [4.69, 9.17) is 14.5 Å². The Morgan fingerprint density at radius 2 is 1.77 bits per heavy atom. The summed E-state index contributed by atoms with van der Waals surface area (Å²) in [4.78, 5) is 17.7. The number of imidazole rings is 1. The molecule has 1 amide bonds. The molecule has 1 N–H and O–H groups in total.